The summed E-state index contributed by atoms with van der Waals surface area (Å²) in [6, 6.07) is 8.66. The summed E-state index contributed by atoms with van der Waals surface area (Å²) in [5, 5.41) is 0. The van der Waals surface area contributed by atoms with E-state index in [2.05, 4.69) is 37.4 Å². The van der Waals surface area contributed by atoms with Gasteiger partial charge in [0.05, 0.1) is 0 Å². The summed E-state index contributed by atoms with van der Waals surface area (Å²) in [5.74, 6) is 0. The summed E-state index contributed by atoms with van der Waals surface area (Å²) in [7, 11) is 0. The van der Waals surface area contributed by atoms with Gasteiger partial charge in [0.25, 0.3) is 0 Å². The van der Waals surface area contributed by atoms with E-state index in [1.807, 2.05) is 0 Å². The molecule has 0 saturated heterocycles. The molecule has 1 atom stereocenters. The molecule has 0 aromatic heterocycles. The van der Waals surface area contributed by atoms with E-state index in [4.69, 9.17) is 5.73 Å². The van der Waals surface area contributed by atoms with Crippen LogP contribution in [0.4, 0.5) is 0 Å². The van der Waals surface area contributed by atoms with E-state index in [1.165, 1.54) is 10.5 Å². The molecule has 1 aromatic carbocycles. The average molecular weight is 218 g/mol. The number of thioether (sulfide) groups is 1. The number of nitrogens with two attached hydrogens (primary N) is 1. The molecule has 1 nitrogen and oxygen atoms in total. The van der Waals surface area contributed by atoms with Gasteiger partial charge in [-0.2, -0.15) is 0 Å². The summed E-state index contributed by atoms with van der Waals surface area (Å²) in [4.78, 5) is 1.29. The van der Waals surface area contributed by atoms with Crippen molar-refractivity contribution >= 4 is 24.2 Å². The maximum atomic E-state index is 5.88. The van der Waals surface area contributed by atoms with Crippen molar-refractivity contribution < 1.29 is 0 Å². The quantitative estimate of drug-likeness (QED) is 0.787. The molecule has 2 N–H and O–H groups in total. The second-order valence-electron chi connectivity index (χ2n) is 2.79. The van der Waals surface area contributed by atoms with Gasteiger partial charge in [0.2, 0.25) is 0 Å². The van der Waals surface area contributed by atoms with Gasteiger partial charge in [-0.15, -0.1) is 24.2 Å². The first-order valence-electron chi connectivity index (χ1n) is 4.17. The van der Waals surface area contributed by atoms with Gasteiger partial charge in [0, 0.05) is 10.9 Å². The van der Waals surface area contributed by atoms with Gasteiger partial charge in [0.15, 0.2) is 0 Å². The van der Waals surface area contributed by atoms with Crippen LogP contribution in [-0.2, 0) is 0 Å². The molecule has 0 bridgehead atoms. The molecular formula is C10H16ClNS. The standard InChI is InChI=1S/C10H15NS.ClH/c1-3-10(11)8-4-6-9(12-2)7-5-8;/h4-7,10H,3,11H2,1-2H3;1H/t10-;/m1./s1. The first kappa shape index (κ1) is 12.8. The van der Waals surface area contributed by atoms with Crippen LogP contribution in [-0.4, -0.2) is 6.26 Å². The van der Waals surface area contributed by atoms with Gasteiger partial charge >= 0.3 is 0 Å². The number of benzene rings is 1. The maximum absolute atomic E-state index is 5.88. The molecular weight excluding hydrogens is 202 g/mol. The first-order chi connectivity index (χ1) is 5.77. The molecule has 13 heavy (non-hydrogen) atoms. The van der Waals surface area contributed by atoms with Crippen molar-refractivity contribution in [3.63, 3.8) is 0 Å². The summed E-state index contributed by atoms with van der Waals surface area (Å²) >= 11 is 1.76. The van der Waals surface area contributed by atoms with Crippen LogP contribution < -0.4 is 5.73 Å². The molecule has 0 unspecified atom stereocenters. The van der Waals surface area contributed by atoms with Gasteiger partial charge in [-0.1, -0.05) is 19.1 Å². The summed E-state index contributed by atoms with van der Waals surface area (Å²) in [6.07, 6.45) is 3.08. The van der Waals surface area contributed by atoms with Gasteiger partial charge in [-0.25, -0.2) is 0 Å². The van der Waals surface area contributed by atoms with Gasteiger partial charge < -0.3 is 5.73 Å². The van der Waals surface area contributed by atoms with Gasteiger partial charge in [0.1, 0.15) is 0 Å². The minimum Gasteiger partial charge on any atom is -0.324 e. The lowest BCUT2D eigenvalue weighted by Crippen LogP contribution is -2.07. The molecule has 0 aliphatic rings. The molecule has 0 saturated carbocycles. The van der Waals surface area contributed by atoms with E-state index < -0.39 is 0 Å². The fraction of sp³-hybridized carbons (Fsp3) is 0.400. The Labute approximate surface area is 90.5 Å². The molecule has 1 aromatic rings. The predicted octanol–water partition coefficient (Wildman–Crippen LogP) is 3.24. The molecule has 0 aliphatic carbocycles. The largest absolute Gasteiger partial charge is 0.324 e. The van der Waals surface area contributed by atoms with Crippen molar-refractivity contribution in [2.75, 3.05) is 6.26 Å². The smallest absolute Gasteiger partial charge is 0.0292 e. The molecule has 1 rings (SSSR count). The van der Waals surface area contributed by atoms with E-state index in [0.29, 0.717) is 0 Å². The minimum atomic E-state index is 0. The van der Waals surface area contributed by atoms with Crippen LogP contribution >= 0.6 is 24.2 Å². The van der Waals surface area contributed by atoms with Crippen LogP contribution in [0.25, 0.3) is 0 Å². The summed E-state index contributed by atoms with van der Waals surface area (Å²) < 4.78 is 0. The summed E-state index contributed by atoms with van der Waals surface area (Å²) in [6.45, 7) is 2.10. The van der Waals surface area contributed by atoms with Crippen molar-refractivity contribution in [1.82, 2.24) is 0 Å². The Balaban J connectivity index is 0.00000144. The number of halogens is 1. The van der Waals surface area contributed by atoms with Crippen molar-refractivity contribution in [3.05, 3.63) is 29.8 Å². The Bertz CT molecular complexity index is 235. The van der Waals surface area contributed by atoms with E-state index in [-0.39, 0.29) is 18.4 Å². The van der Waals surface area contributed by atoms with E-state index in [1.54, 1.807) is 11.8 Å². The lowest BCUT2D eigenvalue weighted by molar-refractivity contribution is 0.698. The SMILES string of the molecule is CC[C@@H](N)c1ccc(SC)cc1.Cl. The van der Waals surface area contributed by atoms with E-state index >= 15 is 0 Å². The van der Waals surface area contributed by atoms with Crippen LogP contribution in [0.3, 0.4) is 0 Å². The average Bonchev–Trinajstić information content (AvgIpc) is 2.17. The zero-order valence-corrected chi connectivity index (χ0v) is 9.62. The fourth-order valence-corrected chi connectivity index (χ4v) is 1.50. The van der Waals surface area contributed by atoms with Crippen LogP contribution in [0, 0.1) is 0 Å². The zero-order valence-electron chi connectivity index (χ0n) is 7.99. The predicted molar refractivity (Wildman–Crippen MR) is 62.7 cm³/mol. The van der Waals surface area contributed by atoms with Gasteiger partial charge in [-0.05, 0) is 30.4 Å². The number of rotatable bonds is 3. The van der Waals surface area contributed by atoms with Crippen molar-refractivity contribution in [2.24, 2.45) is 5.73 Å². The fourth-order valence-electron chi connectivity index (χ4n) is 1.09. The molecule has 0 amide bonds. The number of hydrogen-bond acceptors (Lipinski definition) is 2. The highest BCUT2D eigenvalue weighted by atomic mass is 35.5. The lowest BCUT2D eigenvalue weighted by atomic mass is 10.1. The topological polar surface area (TPSA) is 26.0 Å². The molecule has 0 spiro atoms. The highest BCUT2D eigenvalue weighted by molar-refractivity contribution is 7.98. The van der Waals surface area contributed by atoms with Crippen molar-refractivity contribution in [1.29, 1.82) is 0 Å². The highest BCUT2D eigenvalue weighted by Crippen LogP contribution is 2.19. The summed E-state index contributed by atoms with van der Waals surface area (Å²) in [5.41, 5.74) is 7.11. The van der Waals surface area contributed by atoms with Crippen molar-refractivity contribution in [2.45, 2.75) is 24.3 Å². The third-order valence-corrected chi connectivity index (χ3v) is 2.73. The molecule has 0 heterocycles. The van der Waals surface area contributed by atoms with E-state index in [9.17, 15) is 0 Å². The monoisotopic (exact) mass is 217 g/mol. The molecule has 0 radical (unpaired) electrons. The van der Waals surface area contributed by atoms with Crippen LogP contribution in [0.15, 0.2) is 29.2 Å². The first-order valence-corrected chi connectivity index (χ1v) is 5.40. The third-order valence-electron chi connectivity index (χ3n) is 1.98. The normalized spacial score (nSPS) is 11.9. The Morgan fingerprint density at radius 1 is 1.31 bits per heavy atom. The van der Waals surface area contributed by atoms with Crippen LogP contribution in [0.2, 0.25) is 0 Å². The van der Waals surface area contributed by atoms with Crippen molar-refractivity contribution in [3.8, 4) is 0 Å². The molecule has 0 fully saturated rings. The van der Waals surface area contributed by atoms with E-state index in [0.717, 1.165) is 6.42 Å². The Morgan fingerprint density at radius 3 is 2.23 bits per heavy atom. The second kappa shape index (κ2) is 6.30. The number of hydrogen-bond donors (Lipinski definition) is 1. The highest BCUT2D eigenvalue weighted by Gasteiger charge is 2.01. The lowest BCUT2D eigenvalue weighted by Gasteiger charge is -2.08. The Kier molecular flexibility index (Phi) is 6.21. The zero-order chi connectivity index (χ0) is 8.97. The minimum absolute atomic E-state index is 0. The van der Waals surface area contributed by atoms with Crippen LogP contribution in [0.5, 0.6) is 0 Å². The van der Waals surface area contributed by atoms with Gasteiger partial charge in [-0.3, -0.25) is 0 Å². The van der Waals surface area contributed by atoms with Crippen LogP contribution in [0.1, 0.15) is 24.9 Å². The second-order valence-corrected chi connectivity index (χ2v) is 3.67. The Morgan fingerprint density at radius 2 is 1.85 bits per heavy atom. The Hall–Kier alpha value is -0.180. The molecule has 74 valence electrons. The molecule has 0 aliphatic heterocycles. The third kappa shape index (κ3) is 3.59. The molecule has 3 heteroatoms. The maximum Gasteiger partial charge on any atom is 0.0292 e.